The third kappa shape index (κ3) is 2.23. The Labute approximate surface area is 84.3 Å². The Morgan fingerprint density at radius 2 is 2.21 bits per heavy atom. The van der Waals surface area contributed by atoms with E-state index in [9.17, 15) is 0 Å². The first-order valence-electron chi connectivity index (χ1n) is 5.14. The molecule has 0 amide bonds. The average Bonchev–Trinajstić information content (AvgIpc) is 2.18. The molecule has 14 heavy (non-hydrogen) atoms. The zero-order valence-corrected chi connectivity index (χ0v) is 8.57. The predicted octanol–water partition coefficient (Wildman–Crippen LogP) is -0.659. The van der Waals surface area contributed by atoms with Gasteiger partial charge in [-0.3, -0.25) is 9.89 Å². The summed E-state index contributed by atoms with van der Waals surface area (Å²) >= 11 is 0. The number of nitrogens with zero attached hydrogens (tertiary/aromatic N) is 2. The Bertz CT molecular complexity index is 225. The normalized spacial score (nSPS) is 34.9. The SMILES string of the molecule is CC1=NC(N2CCOCC2)CC(N)N1. The van der Waals surface area contributed by atoms with Crippen molar-refractivity contribution >= 4 is 5.84 Å². The fraction of sp³-hybridized carbons (Fsp3) is 0.889. The van der Waals surface area contributed by atoms with E-state index in [0.717, 1.165) is 38.6 Å². The zero-order valence-electron chi connectivity index (χ0n) is 8.57. The van der Waals surface area contributed by atoms with Gasteiger partial charge in [0.25, 0.3) is 0 Å². The summed E-state index contributed by atoms with van der Waals surface area (Å²) < 4.78 is 5.31. The third-order valence-corrected chi connectivity index (χ3v) is 2.67. The second-order valence-corrected chi connectivity index (χ2v) is 3.83. The number of rotatable bonds is 1. The van der Waals surface area contributed by atoms with Crippen molar-refractivity contribution in [1.82, 2.24) is 10.2 Å². The second kappa shape index (κ2) is 4.25. The van der Waals surface area contributed by atoms with Crippen molar-refractivity contribution in [3.63, 3.8) is 0 Å². The van der Waals surface area contributed by atoms with Gasteiger partial charge in [0, 0.05) is 19.5 Å². The summed E-state index contributed by atoms with van der Waals surface area (Å²) in [7, 11) is 0. The fourth-order valence-electron chi connectivity index (χ4n) is 1.97. The van der Waals surface area contributed by atoms with Crippen molar-refractivity contribution < 1.29 is 4.74 Å². The summed E-state index contributed by atoms with van der Waals surface area (Å²) in [5.74, 6) is 0.945. The third-order valence-electron chi connectivity index (χ3n) is 2.67. The Morgan fingerprint density at radius 3 is 2.86 bits per heavy atom. The van der Waals surface area contributed by atoms with Gasteiger partial charge in [-0.25, -0.2) is 0 Å². The van der Waals surface area contributed by atoms with Gasteiger partial charge in [-0.2, -0.15) is 0 Å². The maximum absolute atomic E-state index is 5.87. The lowest BCUT2D eigenvalue weighted by molar-refractivity contribution is 0.0137. The van der Waals surface area contributed by atoms with Crippen molar-refractivity contribution in [2.75, 3.05) is 26.3 Å². The molecule has 2 heterocycles. The van der Waals surface area contributed by atoms with Gasteiger partial charge in [0.15, 0.2) is 0 Å². The Hall–Kier alpha value is -0.650. The molecule has 5 heteroatoms. The first-order valence-corrected chi connectivity index (χ1v) is 5.14. The van der Waals surface area contributed by atoms with Gasteiger partial charge >= 0.3 is 0 Å². The fourth-order valence-corrected chi connectivity index (χ4v) is 1.97. The number of morpholine rings is 1. The number of aliphatic imine (C=N–C) groups is 1. The number of ether oxygens (including phenoxy) is 1. The van der Waals surface area contributed by atoms with E-state index in [1.807, 2.05) is 6.92 Å². The van der Waals surface area contributed by atoms with E-state index in [0.29, 0.717) is 0 Å². The van der Waals surface area contributed by atoms with Crippen LogP contribution in [0.5, 0.6) is 0 Å². The molecule has 0 aromatic carbocycles. The standard InChI is InChI=1S/C9H18N4O/c1-7-11-8(10)6-9(12-7)13-2-4-14-5-3-13/h8-9H,2-6,10H2,1H3,(H,11,12). The maximum Gasteiger partial charge on any atom is 0.107 e. The molecular formula is C9H18N4O. The van der Waals surface area contributed by atoms with Gasteiger partial charge in [0.05, 0.1) is 25.2 Å². The molecular weight excluding hydrogens is 180 g/mol. The summed E-state index contributed by atoms with van der Waals surface area (Å²) in [6, 6.07) is 0. The maximum atomic E-state index is 5.87. The van der Waals surface area contributed by atoms with Crippen molar-refractivity contribution in [3.8, 4) is 0 Å². The average molecular weight is 198 g/mol. The molecule has 2 aliphatic heterocycles. The first-order chi connectivity index (χ1) is 6.75. The number of nitrogens with two attached hydrogens (primary N) is 1. The molecule has 0 bridgehead atoms. The van der Waals surface area contributed by atoms with Gasteiger partial charge in [0.2, 0.25) is 0 Å². The molecule has 0 aromatic rings. The van der Waals surface area contributed by atoms with Crippen LogP contribution >= 0.6 is 0 Å². The molecule has 5 nitrogen and oxygen atoms in total. The van der Waals surface area contributed by atoms with Gasteiger partial charge < -0.3 is 15.8 Å². The highest BCUT2D eigenvalue weighted by molar-refractivity contribution is 5.80. The molecule has 3 N–H and O–H groups in total. The summed E-state index contributed by atoms with van der Waals surface area (Å²) in [5.41, 5.74) is 5.87. The quantitative estimate of drug-likeness (QED) is 0.587. The summed E-state index contributed by atoms with van der Waals surface area (Å²) in [6.07, 6.45) is 1.17. The first kappa shape index (κ1) is 9.89. The van der Waals surface area contributed by atoms with E-state index in [4.69, 9.17) is 10.5 Å². The summed E-state index contributed by atoms with van der Waals surface area (Å²) in [6.45, 7) is 5.52. The molecule has 0 saturated carbocycles. The molecule has 2 aliphatic rings. The lowest BCUT2D eigenvalue weighted by Gasteiger charge is -2.36. The smallest absolute Gasteiger partial charge is 0.107 e. The van der Waals surface area contributed by atoms with E-state index in [1.54, 1.807) is 0 Å². The molecule has 2 rings (SSSR count). The molecule has 80 valence electrons. The Morgan fingerprint density at radius 1 is 1.50 bits per heavy atom. The summed E-state index contributed by atoms with van der Waals surface area (Å²) in [5, 5.41) is 3.12. The van der Waals surface area contributed by atoms with Crippen molar-refractivity contribution in [1.29, 1.82) is 0 Å². The lowest BCUT2D eigenvalue weighted by atomic mass is 10.2. The van der Waals surface area contributed by atoms with E-state index in [1.165, 1.54) is 0 Å². The molecule has 0 radical (unpaired) electrons. The van der Waals surface area contributed by atoms with Crippen LogP contribution < -0.4 is 11.1 Å². The van der Waals surface area contributed by atoms with Crippen LogP contribution in [0.15, 0.2) is 4.99 Å². The molecule has 1 fully saturated rings. The van der Waals surface area contributed by atoms with E-state index < -0.39 is 0 Å². The molecule has 0 aliphatic carbocycles. The van der Waals surface area contributed by atoms with Crippen molar-refractivity contribution in [2.45, 2.75) is 25.7 Å². The van der Waals surface area contributed by atoms with Crippen LogP contribution in [0.4, 0.5) is 0 Å². The minimum atomic E-state index is 0.0420. The van der Waals surface area contributed by atoms with Crippen LogP contribution in [-0.4, -0.2) is 49.4 Å². The Kier molecular flexibility index (Phi) is 3.00. The number of amidine groups is 1. The minimum absolute atomic E-state index is 0.0420. The van der Waals surface area contributed by atoms with Crippen LogP contribution in [0.3, 0.4) is 0 Å². The monoisotopic (exact) mass is 198 g/mol. The molecule has 0 spiro atoms. The molecule has 1 saturated heterocycles. The van der Waals surface area contributed by atoms with Crippen molar-refractivity contribution in [3.05, 3.63) is 0 Å². The van der Waals surface area contributed by atoms with Crippen molar-refractivity contribution in [2.24, 2.45) is 10.7 Å². The minimum Gasteiger partial charge on any atom is -0.379 e. The van der Waals surface area contributed by atoms with E-state index in [2.05, 4.69) is 15.2 Å². The van der Waals surface area contributed by atoms with Crippen LogP contribution in [0.1, 0.15) is 13.3 Å². The number of hydrogen-bond acceptors (Lipinski definition) is 5. The highest BCUT2D eigenvalue weighted by atomic mass is 16.5. The Balaban J connectivity index is 1.98. The van der Waals surface area contributed by atoms with Crippen LogP contribution in [-0.2, 0) is 4.74 Å². The van der Waals surface area contributed by atoms with Crippen LogP contribution in [0, 0.1) is 0 Å². The van der Waals surface area contributed by atoms with Crippen LogP contribution in [0.25, 0.3) is 0 Å². The number of hydrogen-bond donors (Lipinski definition) is 2. The number of nitrogens with one attached hydrogen (secondary N) is 1. The molecule has 2 atom stereocenters. The highest BCUT2D eigenvalue weighted by Gasteiger charge is 2.25. The van der Waals surface area contributed by atoms with Crippen LogP contribution in [0.2, 0.25) is 0 Å². The molecule has 0 aromatic heterocycles. The van der Waals surface area contributed by atoms with Gasteiger partial charge in [-0.1, -0.05) is 0 Å². The molecule has 2 unspecified atom stereocenters. The zero-order chi connectivity index (χ0) is 9.97. The largest absolute Gasteiger partial charge is 0.379 e. The van der Waals surface area contributed by atoms with Gasteiger partial charge in [0.1, 0.15) is 6.17 Å². The lowest BCUT2D eigenvalue weighted by Crippen LogP contribution is -2.53. The predicted molar refractivity (Wildman–Crippen MR) is 55.0 cm³/mol. The second-order valence-electron chi connectivity index (χ2n) is 3.83. The van der Waals surface area contributed by atoms with E-state index >= 15 is 0 Å². The topological polar surface area (TPSA) is 62.9 Å². The van der Waals surface area contributed by atoms with Gasteiger partial charge in [-0.15, -0.1) is 0 Å². The highest BCUT2D eigenvalue weighted by Crippen LogP contribution is 2.13. The summed E-state index contributed by atoms with van der Waals surface area (Å²) in [4.78, 5) is 6.89. The van der Waals surface area contributed by atoms with Gasteiger partial charge in [-0.05, 0) is 6.92 Å². The van der Waals surface area contributed by atoms with E-state index in [-0.39, 0.29) is 12.3 Å².